The third kappa shape index (κ3) is 4.71. The molecule has 0 fully saturated rings. The third-order valence-electron chi connectivity index (χ3n) is 4.24. The van der Waals surface area contributed by atoms with Crippen LogP contribution in [0.15, 0.2) is 60.0 Å². The Morgan fingerprint density at radius 2 is 2.03 bits per heavy atom. The van der Waals surface area contributed by atoms with Gasteiger partial charge < -0.3 is 14.8 Å². The standard InChI is InChI=1S/C20H20N4O5S/c1-13(19(25)22-17-12-15(24(26)27)7-8-18(17)29-3)30-20-21-9-10-23(20)14-5-4-6-16(11-14)28-2/h4-13H,1-3H3,(H,22,25). The Balaban J connectivity index is 1.77. The summed E-state index contributed by atoms with van der Waals surface area (Å²) in [5, 5.41) is 13.8. The highest BCUT2D eigenvalue weighted by molar-refractivity contribution is 8.00. The fraction of sp³-hybridized carbons (Fsp3) is 0.200. The van der Waals surface area contributed by atoms with Gasteiger partial charge in [-0.25, -0.2) is 4.98 Å². The van der Waals surface area contributed by atoms with Gasteiger partial charge in [-0.3, -0.25) is 19.5 Å². The highest BCUT2D eigenvalue weighted by atomic mass is 32.2. The molecule has 0 radical (unpaired) electrons. The predicted octanol–water partition coefficient (Wildman–Crippen LogP) is 3.92. The van der Waals surface area contributed by atoms with Crippen LogP contribution in [0.4, 0.5) is 11.4 Å². The van der Waals surface area contributed by atoms with Gasteiger partial charge in [0.2, 0.25) is 5.91 Å². The number of rotatable bonds is 8. The van der Waals surface area contributed by atoms with Gasteiger partial charge in [-0.1, -0.05) is 17.8 Å². The zero-order chi connectivity index (χ0) is 21.7. The zero-order valence-corrected chi connectivity index (χ0v) is 17.4. The van der Waals surface area contributed by atoms with Gasteiger partial charge in [0.15, 0.2) is 5.16 Å². The Hall–Kier alpha value is -3.53. The van der Waals surface area contributed by atoms with Crippen molar-refractivity contribution in [1.82, 2.24) is 9.55 Å². The van der Waals surface area contributed by atoms with Crippen molar-refractivity contribution < 1.29 is 19.2 Å². The molecule has 0 saturated carbocycles. The summed E-state index contributed by atoms with van der Waals surface area (Å²) < 4.78 is 12.3. The molecular weight excluding hydrogens is 408 g/mol. The van der Waals surface area contributed by atoms with Crippen molar-refractivity contribution in [2.24, 2.45) is 0 Å². The minimum absolute atomic E-state index is 0.139. The number of methoxy groups -OCH3 is 2. The van der Waals surface area contributed by atoms with Crippen LogP contribution in [-0.4, -0.2) is 39.9 Å². The van der Waals surface area contributed by atoms with E-state index < -0.39 is 10.2 Å². The van der Waals surface area contributed by atoms with Gasteiger partial charge in [0.05, 0.1) is 35.8 Å². The van der Waals surface area contributed by atoms with E-state index in [0.29, 0.717) is 16.7 Å². The summed E-state index contributed by atoms with van der Waals surface area (Å²) in [7, 11) is 3.03. The smallest absolute Gasteiger partial charge is 0.271 e. The van der Waals surface area contributed by atoms with Crippen molar-refractivity contribution in [3.05, 3.63) is 65.0 Å². The van der Waals surface area contributed by atoms with Gasteiger partial charge >= 0.3 is 0 Å². The number of carbonyl (C=O) groups is 1. The van der Waals surface area contributed by atoms with Crippen LogP contribution in [0.5, 0.6) is 11.5 Å². The molecule has 1 heterocycles. The molecule has 0 bridgehead atoms. The Labute approximate surface area is 177 Å². The number of aromatic nitrogens is 2. The number of nitro benzene ring substituents is 1. The van der Waals surface area contributed by atoms with E-state index in [0.717, 1.165) is 5.69 Å². The molecule has 3 aromatic rings. The number of hydrogen-bond acceptors (Lipinski definition) is 7. The van der Waals surface area contributed by atoms with Gasteiger partial charge in [0.1, 0.15) is 11.5 Å². The highest BCUT2D eigenvalue weighted by Gasteiger charge is 2.21. The van der Waals surface area contributed by atoms with E-state index >= 15 is 0 Å². The number of amides is 1. The topological polar surface area (TPSA) is 109 Å². The monoisotopic (exact) mass is 428 g/mol. The number of nitro groups is 1. The van der Waals surface area contributed by atoms with Crippen LogP contribution >= 0.6 is 11.8 Å². The molecule has 30 heavy (non-hydrogen) atoms. The van der Waals surface area contributed by atoms with Crippen LogP contribution in [0.1, 0.15) is 6.92 Å². The lowest BCUT2D eigenvalue weighted by atomic mass is 10.2. The minimum atomic E-state index is -0.530. The second-order valence-corrected chi connectivity index (χ2v) is 7.48. The van der Waals surface area contributed by atoms with E-state index in [2.05, 4.69) is 10.3 Å². The van der Waals surface area contributed by atoms with Crippen LogP contribution in [0.25, 0.3) is 5.69 Å². The Morgan fingerprint density at radius 1 is 1.23 bits per heavy atom. The SMILES string of the molecule is COc1cccc(-n2ccnc2SC(C)C(=O)Nc2cc([N+](=O)[O-])ccc2OC)c1. The molecule has 3 rings (SSSR count). The van der Waals surface area contributed by atoms with Gasteiger partial charge in [0.25, 0.3) is 5.69 Å². The fourth-order valence-electron chi connectivity index (χ4n) is 2.69. The maximum Gasteiger partial charge on any atom is 0.271 e. The number of anilines is 1. The van der Waals surface area contributed by atoms with Gasteiger partial charge in [-0.05, 0) is 25.1 Å². The van der Waals surface area contributed by atoms with E-state index in [1.54, 1.807) is 26.4 Å². The number of ether oxygens (including phenoxy) is 2. The number of imidazole rings is 1. The molecule has 1 N–H and O–H groups in total. The number of hydrogen-bond donors (Lipinski definition) is 1. The molecule has 2 aromatic carbocycles. The molecule has 10 heteroatoms. The van der Waals surface area contributed by atoms with Crippen LogP contribution in [-0.2, 0) is 4.79 Å². The summed E-state index contributed by atoms with van der Waals surface area (Å²) in [5.74, 6) is 0.712. The second kappa shape index (κ2) is 9.31. The highest BCUT2D eigenvalue weighted by Crippen LogP contribution is 2.31. The first-order valence-electron chi connectivity index (χ1n) is 8.90. The van der Waals surface area contributed by atoms with Crippen molar-refractivity contribution >= 4 is 29.0 Å². The molecule has 1 unspecified atom stereocenters. The largest absolute Gasteiger partial charge is 0.497 e. The van der Waals surface area contributed by atoms with E-state index in [-0.39, 0.29) is 17.3 Å². The second-order valence-electron chi connectivity index (χ2n) is 6.17. The van der Waals surface area contributed by atoms with Crippen molar-refractivity contribution in [3.63, 3.8) is 0 Å². The summed E-state index contributed by atoms with van der Waals surface area (Å²) in [6.07, 6.45) is 3.45. The Bertz CT molecular complexity index is 1070. The molecule has 156 valence electrons. The van der Waals surface area contributed by atoms with E-state index in [4.69, 9.17) is 9.47 Å². The molecule has 1 aromatic heterocycles. The quantitative estimate of drug-likeness (QED) is 0.329. The van der Waals surface area contributed by atoms with E-state index in [1.807, 2.05) is 28.8 Å². The van der Waals surface area contributed by atoms with Crippen molar-refractivity contribution in [2.45, 2.75) is 17.3 Å². The van der Waals surface area contributed by atoms with Crippen LogP contribution in [0.2, 0.25) is 0 Å². The number of nitrogens with one attached hydrogen (secondary N) is 1. The first-order chi connectivity index (χ1) is 14.4. The lowest BCUT2D eigenvalue weighted by molar-refractivity contribution is -0.384. The Morgan fingerprint density at radius 3 is 2.73 bits per heavy atom. The molecule has 0 spiro atoms. The predicted molar refractivity (Wildman–Crippen MR) is 114 cm³/mol. The number of carbonyl (C=O) groups excluding carboxylic acids is 1. The molecule has 0 saturated heterocycles. The summed E-state index contributed by atoms with van der Waals surface area (Å²) >= 11 is 1.26. The van der Waals surface area contributed by atoms with Crippen LogP contribution < -0.4 is 14.8 Å². The first-order valence-corrected chi connectivity index (χ1v) is 9.78. The molecular formula is C20H20N4O5S. The van der Waals surface area contributed by atoms with Crippen molar-refractivity contribution in [3.8, 4) is 17.2 Å². The molecule has 0 aliphatic rings. The summed E-state index contributed by atoms with van der Waals surface area (Å²) in [6.45, 7) is 1.73. The average molecular weight is 428 g/mol. The van der Waals surface area contributed by atoms with Gasteiger partial charge in [-0.2, -0.15) is 0 Å². The van der Waals surface area contributed by atoms with Gasteiger partial charge in [-0.15, -0.1) is 0 Å². The zero-order valence-electron chi connectivity index (χ0n) is 16.6. The summed E-state index contributed by atoms with van der Waals surface area (Å²) in [4.78, 5) is 27.6. The summed E-state index contributed by atoms with van der Waals surface area (Å²) in [6, 6.07) is 11.5. The molecule has 9 nitrogen and oxygen atoms in total. The summed E-state index contributed by atoms with van der Waals surface area (Å²) in [5.41, 5.74) is 0.947. The van der Waals surface area contributed by atoms with E-state index in [1.165, 1.54) is 37.1 Å². The number of non-ortho nitro benzene ring substituents is 1. The van der Waals surface area contributed by atoms with Crippen LogP contribution in [0.3, 0.4) is 0 Å². The fourth-order valence-corrected chi connectivity index (χ4v) is 3.57. The average Bonchev–Trinajstić information content (AvgIpc) is 3.21. The molecule has 1 atom stereocenters. The van der Waals surface area contributed by atoms with Gasteiger partial charge in [0, 0.05) is 30.6 Å². The number of nitrogens with zero attached hydrogens (tertiary/aromatic N) is 3. The first kappa shape index (κ1) is 21.2. The third-order valence-corrected chi connectivity index (χ3v) is 5.32. The van der Waals surface area contributed by atoms with Crippen LogP contribution in [0, 0.1) is 10.1 Å². The normalized spacial score (nSPS) is 11.6. The molecule has 0 aliphatic heterocycles. The maximum absolute atomic E-state index is 12.7. The number of benzene rings is 2. The van der Waals surface area contributed by atoms with Crippen molar-refractivity contribution in [1.29, 1.82) is 0 Å². The van der Waals surface area contributed by atoms with E-state index in [9.17, 15) is 14.9 Å². The number of thioether (sulfide) groups is 1. The minimum Gasteiger partial charge on any atom is -0.497 e. The maximum atomic E-state index is 12.7. The Kier molecular flexibility index (Phi) is 6.58. The molecule has 1 amide bonds. The lowest BCUT2D eigenvalue weighted by Crippen LogP contribution is -2.23. The van der Waals surface area contributed by atoms with Crippen molar-refractivity contribution in [2.75, 3.05) is 19.5 Å². The lowest BCUT2D eigenvalue weighted by Gasteiger charge is -2.15. The molecule has 0 aliphatic carbocycles.